The number of rotatable bonds is 3. The molecule has 0 spiro atoms. The minimum absolute atomic E-state index is 0.641. The summed E-state index contributed by atoms with van der Waals surface area (Å²) in [4.78, 5) is 2.39. The van der Waals surface area contributed by atoms with Crippen molar-refractivity contribution in [3.05, 3.63) is 0 Å². The number of thiol groups is 1. The highest BCUT2D eigenvalue weighted by Crippen LogP contribution is 2.24. The van der Waals surface area contributed by atoms with Gasteiger partial charge in [-0.1, -0.05) is 0 Å². The molecule has 12 heavy (non-hydrogen) atoms. The first-order chi connectivity index (χ1) is 5.77. The fraction of sp³-hybridized carbons (Fsp3) is 1.00. The van der Waals surface area contributed by atoms with E-state index < -0.39 is 0 Å². The standard InChI is InChI=1S/C9H20N2S/c1-11-4-2-8(3-5-11)9(6-10)7-12/h8-9,12H,2-7,10H2,1H3. The molecule has 0 aromatic rings. The van der Waals surface area contributed by atoms with Crippen molar-refractivity contribution in [3.63, 3.8) is 0 Å². The van der Waals surface area contributed by atoms with Crippen LogP contribution in [0.25, 0.3) is 0 Å². The Morgan fingerprint density at radius 1 is 1.50 bits per heavy atom. The zero-order valence-electron chi connectivity index (χ0n) is 7.87. The van der Waals surface area contributed by atoms with Crippen LogP contribution in [0.15, 0.2) is 0 Å². The van der Waals surface area contributed by atoms with Gasteiger partial charge in [0, 0.05) is 0 Å². The van der Waals surface area contributed by atoms with Crippen LogP contribution < -0.4 is 5.73 Å². The summed E-state index contributed by atoms with van der Waals surface area (Å²) in [5.74, 6) is 2.41. The number of nitrogens with zero attached hydrogens (tertiary/aromatic N) is 1. The molecule has 1 atom stereocenters. The van der Waals surface area contributed by atoms with Crippen LogP contribution in [0.1, 0.15) is 12.8 Å². The number of hydrogen-bond donors (Lipinski definition) is 2. The molecular formula is C9H20N2S. The van der Waals surface area contributed by atoms with Crippen molar-refractivity contribution >= 4 is 12.6 Å². The second-order valence-electron chi connectivity index (χ2n) is 3.82. The van der Waals surface area contributed by atoms with Crippen molar-refractivity contribution < 1.29 is 0 Å². The van der Waals surface area contributed by atoms with Crippen molar-refractivity contribution in [2.45, 2.75) is 12.8 Å². The van der Waals surface area contributed by atoms with Crippen LogP contribution in [0.4, 0.5) is 0 Å². The molecule has 72 valence electrons. The lowest BCUT2D eigenvalue weighted by Crippen LogP contribution is -2.36. The van der Waals surface area contributed by atoms with E-state index in [2.05, 4.69) is 24.6 Å². The third-order valence-electron chi connectivity index (χ3n) is 2.97. The summed E-state index contributed by atoms with van der Waals surface area (Å²) in [6, 6.07) is 0. The molecular weight excluding hydrogens is 168 g/mol. The monoisotopic (exact) mass is 188 g/mol. The van der Waals surface area contributed by atoms with Crippen molar-refractivity contribution in [2.24, 2.45) is 17.6 Å². The topological polar surface area (TPSA) is 29.3 Å². The lowest BCUT2D eigenvalue weighted by atomic mass is 9.85. The van der Waals surface area contributed by atoms with E-state index in [-0.39, 0.29) is 0 Å². The fourth-order valence-corrected chi connectivity index (χ4v) is 2.36. The Morgan fingerprint density at radius 2 is 2.08 bits per heavy atom. The summed E-state index contributed by atoms with van der Waals surface area (Å²) in [7, 11) is 2.19. The van der Waals surface area contributed by atoms with Gasteiger partial charge in [0.25, 0.3) is 0 Å². The molecule has 2 N–H and O–H groups in total. The van der Waals surface area contributed by atoms with Crippen LogP contribution in [-0.4, -0.2) is 37.3 Å². The summed E-state index contributed by atoms with van der Waals surface area (Å²) in [6.07, 6.45) is 2.61. The highest BCUT2D eigenvalue weighted by Gasteiger charge is 2.22. The number of likely N-dealkylation sites (tertiary alicyclic amines) is 1. The molecule has 1 fully saturated rings. The molecule has 2 nitrogen and oxygen atoms in total. The average molecular weight is 188 g/mol. The first-order valence-corrected chi connectivity index (χ1v) is 5.40. The SMILES string of the molecule is CN1CCC(C(CN)CS)CC1. The molecule has 0 radical (unpaired) electrons. The van der Waals surface area contributed by atoms with Crippen molar-refractivity contribution in [1.82, 2.24) is 4.90 Å². The maximum atomic E-state index is 5.69. The van der Waals surface area contributed by atoms with Gasteiger partial charge in [-0.2, -0.15) is 12.6 Å². The Bertz CT molecular complexity index is 118. The molecule has 1 heterocycles. The Balaban J connectivity index is 2.32. The molecule has 0 aromatic carbocycles. The molecule has 1 rings (SSSR count). The predicted molar refractivity (Wildman–Crippen MR) is 56.6 cm³/mol. The van der Waals surface area contributed by atoms with E-state index in [0.717, 1.165) is 18.2 Å². The van der Waals surface area contributed by atoms with Crippen LogP contribution in [-0.2, 0) is 0 Å². The quantitative estimate of drug-likeness (QED) is 0.643. The van der Waals surface area contributed by atoms with Crippen LogP contribution in [0.5, 0.6) is 0 Å². The van der Waals surface area contributed by atoms with Crippen LogP contribution in [0, 0.1) is 11.8 Å². The molecule has 0 aliphatic carbocycles. The highest BCUT2D eigenvalue weighted by atomic mass is 32.1. The Labute approximate surface area is 80.9 Å². The summed E-state index contributed by atoms with van der Waals surface area (Å²) >= 11 is 4.33. The van der Waals surface area contributed by atoms with Gasteiger partial charge in [-0.25, -0.2) is 0 Å². The average Bonchev–Trinajstić information content (AvgIpc) is 2.10. The largest absolute Gasteiger partial charge is 0.330 e. The van der Waals surface area contributed by atoms with Gasteiger partial charge >= 0.3 is 0 Å². The molecule has 1 unspecified atom stereocenters. The zero-order chi connectivity index (χ0) is 8.97. The molecule has 0 aromatic heterocycles. The first kappa shape index (κ1) is 10.4. The van der Waals surface area contributed by atoms with Gasteiger partial charge in [0.15, 0.2) is 0 Å². The smallest absolute Gasteiger partial charge is 0.00190 e. The van der Waals surface area contributed by atoms with E-state index in [9.17, 15) is 0 Å². The third-order valence-corrected chi connectivity index (χ3v) is 3.44. The van der Waals surface area contributed by atoms with Gasteiger partial charge in [-0.05, 0) is 57.1 Å². The van der Waals surface area contributed by atoms with Crippen molar-refractivity contribution in [3.8, 4) is 0 Å². The maximum absolute atomic E-state index is 5.69. The fourth-order valence-electron chi connectivity index (χ4n) is 1.92. The zero-order valence-corrected chi connectivity index (χ0v) is 8.76. The predicted octanol–water partition coefficient (Wildman–Crippen LogP) is 0.833. The van der Waals surface area contributed by atoms with Crippen LogP contribution in [0.3, 0.4) is 0 Å². The van der Waals surface area contributed by atoms with Gasteiger partial charge in [0.2, 0.25) is 0 Å². The maximum Gasteiger partial charge on any atom is -0.00190 e. The number of nitrogens with two attached hydrogens (primary N) is 1. The van der Waals surface area contributed by atoms with E-state index in [1.807, 2.05) is 0 Å². The first-order valence-electron chi connectivity index (χ1n) is 4.77. The Hall–Kier alpha value is 0.270. The second kappa shape index (κ2) is 5.10. The van der Waals surface area contributed by atoms with Gasteiger partial charge in [-0.15, -0.1) is 0 Å². The van der Waals surface area contributed by atoms with Gasteiger partial charge < -0.3 is 10.6 Å². The van der Waals surface area contributed by atoms with E-state index in [4.69, 9.17) is 5.73 Å². The van der Waals surface area contributed by atoms with E-state index in [1.165, 1.54) is 25.9 Å². The van der Waals surface area contributed by atoms with E-state index in [0.29, 0.717) is 5.92 Å². The molecule has 0 bridgehead atoms. The van der Waals surface area contributed by atoms with Gasteiger partial charge in [0.1, 0.15) is 0 Å². The highest BCUT2D eigenvalue weighted by molar-refractivity contribution is 7.80. The van der Waals surface area contributed by atoms with Crippen molar-refractivity contribution in [1.29, 1.82) is 0 Å². The molecule has 1 saturated heterocycles. The summed E-state index contributed by atoms with van der Waals surface area (Å²) in [6.45, 7) is 3.27. The molecule has 0 amide bonds. The third kappa shape index (κ3) is 2.64. The number of hydrogen-bond acceptors (Lipinski definition) is 3. The second-order valence-corrected chi connectivity index (χ2v) is 4.18. The van der Waals surface area contributed by atoms with Gasteiger partial charge in [0.05, 0.1) is 0 Å². The normalized spacial score (nSPS) is 24.2. The van der Waals surface area contributed by atoms with Crippen LogP contribution >= 0.6 is 12.6 Å². The molecule has 1 aliphatic heterocycles. The van der Waals surface area contributed by atoms with Crippen molar-refractivity contribution in [2.75, 3.05) is 32.4 Å². The minimum Gasteiger partial charge on any atom is -0.330 e. The summed E-state index contributed by atoms with van der Waals surface area (Å²) < 4.78 is 0. The Morgan fingerprint density at radius 3 is 2.50 bits per heavy atom. The minimum atomic E-state index is 0.641. The van der Waals surface area contributed by atoms with E-state index in [1.54, 1.807) is 0 Å². The van der Waals surface area contributed by atoms with Gasteiger partial charge in [-0.3, -0.25) is 0 Å². The lowest BCUT2D eigenvalue weighted by molar-refractivity contribution is 0.182. The summed E-state index contributed by atoms with van der Waals surface area (Å²) in [5, 5.41) is 0. The van der Waals surface area contributed by atoms with Crippen LogP contribution in [0.2, 0.25) is 0 Å². The molecule has 0 saturated carbocycles. The summed E-state index contributed by atoms with van der Waals surface area (Å²) in [5.41, 5.74) is 5.69. The Kier molecular flexibility index (Phi) is 4.40. The molecule has 1 aliphatic rings. The molecule has 3 heteroatoms. The number of piperidine rings is 1. The van der Waals surface area contributed by atoms with E-state index >= 15 is 0 Å². The lowest BCUT2D eigenvalue weighted by Gasteiger charge is -2.33.